The van der Waals surface area contributed by atoms with Gasteiger partial charge in [0.25, 0.3) is 5.88 Å². The second kappa shape index (κ2) is 10.1. The fraction of sp³-hybridized carbons (Fsp3) is 0.438. The lowest BCUT2D eigenvalue weighted by molar-refractivity contribution is -0.144. The summed E-state index contributed by atoms with van der Waals surface area (Å²) in [4.78, 5) is 13.5. The summed E-state index contributed by atoms with van der Waals surface area (Å²) in [5.74, 6) is -0.282. The molecule has 2 aromatic heterocycles. The zero-order valence-corrected chi connectivity index (χ0v) is 14.3. The van der Waals surface area contributed by atoms with Gasteiger partial charge in [0.1, 0.15) is 30.8 Å². The summed E-state index contributed by atoms with van der Waals surface area (Å²) >= 11 is 0. The molecule has 0 radical (unpaired) electrons. The lowest BCUT2D eigenvalue weighted by Gasteiger charge is -2.31. The summed E-state index contributed by atoms with van der Waals surface area (Å²) in [5.41, 5.74) is -1.18. The first-order valence-electron chi connectivity index (χ1n) is 8.00. The Morgan fingerprint density at radius 2 is 1.96 bits per heavy atom. The van der Waals surface area contributed by atoms with Crippen molar-refractivity contribution < 1.29 is 42.3 Å². The predicted octanol–water partition coefficient (Wildman–Crippen LogP) is 1.73. The highest BCUT2D eigenvalue weighted by Gasteiger charge is 2.33. The Hall–Kier alpha value is -2.57. The van der Waals surface area contributed by atoms with Crippen molar-refractivity contribution in [1.82, 2.24) is 15.0 Å². The largest absolute Gasteiger partial charge is 0.475 e. The van der Waals surface area contributed by atoms with Crippen LogP contribution in [0.3, 0.4) is 0 Å². The maximum Gasteiger partial charge on any atom is 0.433 e. The quantitative estimate of drug-likeness (QED) is 0.738. The van der Waals surface area contributed by atoms with Crippen LogP contribution in [-0.4, -0.2) is 56.7 Å². The van der Waals surface area contributed by atoms with E-state index in [-0.39, 0.29) is 6.61 Å². The molecule has 1 aliphatic rings. The van der Waals surface area contributed by atoms with Crippen LogP contribution in [0.1, 0.15) is 12.1 Å². The average Bonchev–Trinajstić information content (AvgIpc) is 2.70. The monoisotopic (exact) mass is 407 g/mol. The first-order valence-corrected chi connectivity index (χ1v) is 8.00. The molecule has 3 unspecified atom stereocenters. The van der Waals surface area contributed by atoms with Gasteiger partial charge in [0.2, 0.25) is 5.88 Å². The molecular formula is C16H17F4N3O5. The Kier molecular flexibility index (Phi) is 7.84. The van der Waals surface area contributed by atoms with E-state index in [1.54, 1.807) is 12.3 Å². The first-order chi connectivity index (χ1) is 13.3. The van der Waals surface area contributed by atoms with Crippen molar-refractivity contribution in [3.63, 3.8) is 0 Å². The minimum absolute atomic E-state index is 0.162. The molecule has 1 saturated heterocycles. The van der Waals surface area contributed by atoms with Crippen LogP contribution in [0.2, 0.25) is 0 Å². The standard InChI is InChI=1S/C10H14N2O4.C6H3F4NO/c13-7-2-4-15-8(10(7)14)5-16-9-1-3-11-6-12-9;7-6(8,9)4-2-1-3-5(11-4)12-10/h1,3,6-8,10,13-14H,2,4-5H2;1-3H. The van der Waals surface area contributed by atoms with Crippen LogP contribution in [-0.2, 0) is 10.9 Å². The van der Waals surface area contributed by atoms with Crippen molar-refractivity contribution in [2.24, 2.45) is 0 Å². The summed E-state index contributed by atoms with van der Waals surface area (Å²) in [7, 11) is 0. The zero-order chi connectivity index (χ0) is 20.6. The fourth-order valence-corrected chi connectivity index (χ4v) is 2.15. The van der Waals surface area contributed by atoms with E-state index in [1.165, 1.54) is 6.33 Å². The smallest absolute Gasteiger partial charge is 0.433 e. The molecule has 28 heavy (non-hydrogen) atoms. The van der Waals surface area contributed by atoms with Gasteiger partial charge in [0.05, 0.1) is 6.10 Å². The molecule has 3 atom stereocenters. The highest BCUT2D eigenvalue weighted by atomic mass is 19.4. The average molecular weight is 407 g/mol. The molecular weight excluding hydrogens is 390 g/mol. The lowest BCUT2D eigenvalue weighted by Crippen LogP contribution is -2.47. The molecule has 2 N–H and O–H groups in total. The fourth-order valence-electron chi connectivity index (χ4n) is 2.15. The molecule has 154 valence electrons. The van der Waals surface area contributed by atoms with Gasteiger partial charge in [-0.2, -0.15) is 13.2 Å². The number of hydrogen-bond acceptors (Lipinski definition) is 8. The van der Waals surface area contributed by atoms with Gasteiger partial charge in [-0.25, -0.2) is 15.0 Å². The molecule has 0 spiro atoms. The van der Waals surface area contributed by atoms with Crippen molar-refractivity contribution in [3.05, 3.63) is 42.5 Å². The normalized spacial score (nSPS) is 22.0. The second-order valence-electron chi connectivity index (χ2n) is 5.55. The van der Waals surface area contributed by atoms with Gasteiger partial charge in [0, 0.05) is 29.5 Å². The van der Waals surface area contributed by atoms with Gasteiger partial charge >= 0.3 is 6.18 Å². The predicted molar refractivity (Wildman–Crippen MR) is 84.9 cm³/mol. The number of rotatable bonds is 4. The molecule has 0 aliphatic carbocycles. The van der Waals surface area contributed by atoms with E-state index < -0.39 is 36.1 Å². The first kappa shape index (κ1) is 21.7. The highest BCUT2D eigenvalue weighted by molar-refractivity contribution is 5.17. The van der Waals surface area contributed by atoms with Crippen molar-refractivity contribution >= 4 is 0 Å². The van der Waals surface area contributed by atoms with Crippen LogP contribution in [0.25, 0.3) is 0 Å². The number of aromatic nitrogens is 3. The van der Waals surface area contributed by atoms with E-state index in [4.69, 9.17) is 9.47 Å². The molecule has 0 saturated carbocycles. The molecule has 2 aromatic rings. The number of ether oxygens (including phenoxy) is 2. The van der Waals surface area contributed by atoms with E-state index in [0.717, 1.165) is 18.2 Å². The van der Waals surface area contributed by atoms with E-state index in [1.807, 2.05) is 0 Å². The van der Waals surface area contributed by atoms with Crippen LogP contribution in [0.15, 0.2) is 36.8 Å². The Morgan fingerprint density at radius 1 is 1.18 bits per heavy atom. The van der Waals surface area contributed by atoms with Crippen LogP contribution in [0, 0.1) is 0 Å². The Bertz CT molecular complexity index is 723. The van der Waals surface area contributed by atoms with E-state index in [9.17, 15) is 27.9 Å². The van der Waals surface area contributed by atoms with Crippen LogP contribution < -0.4 is 9.68 Å². The van der Waals surface area contributed by atoms with E-state index in [2.05, 4.69) is 19.9 Å². The second-order valence-corrected chi connectivity index (χ2v) is 5.55. The number of nitrogens with zero attached hydrogens (tertiary/aromatic N) is 3. The summed E-state index contributed by atoms with van der Waals surface area (Å²) in [6.45, 7) is 0.589. The van der Waals surface area contributed by atoms with Gasteiger partial charge < -0.3 is 19.7 Å². The number of alkyl halides is 3. The van der Waals surface area contributed by atoms with Gasteiger partial charge in [0.15, 0.2) is 0 Å². The molecule has 0 amide bonds. The molecule has 8 nitrogen and oxygen atoms in total. The Morgan fingerprint density at radius 3 is 2.61 bits per heavy atom. The Balaban J connectivity index is 0.000000209. The number of halogens is 4. The number of aliphatic hydroxyl groups is 2. The van der Waals surface area contributed by atoms with Crippen molar-refractivity contribution in [2.45, 2.75) is 30.9 Å². The molecule has 1 fully saturated rings. The molecule has 1 aliphatic heterocycles. The number of pyridine rings is 1. The summed E-state index contributed by atoms with van der Waals surface area (Å²) < 4.78 is 57.6. The van der Waals surface area contributed by atoms with Crippen LogP contribution >= 0.6 is 0 Å². The summed E-state index contributed by atoms with van der Waals surface area (Å²) in [6.07, 6.45) is -3.35. The van der Waals surface area contributed by atoms with Crippen LogP contribution in [0.5, 0.6) is 11.8 Å². The van der Waals surface area contributed by atoms with E-state index in [0.29, 0.717) is 18.9 Å². The third-order valence-electron chi connectivity index (χ3n) is 3.56. The van der Waals surface area contributed by atoms with E-state index >= 15 is 0 Å². The third kappa shape index (κ3) is 6.55. The summed E-state index contributed by atoms with van der Waals surface area (Å²) in [5, 5.41) is 19.1. The molecule has 3 heterocycles. The number of hydrogen-bond donors (Lipinski definition) is 2. The molecule has 0 bridgehead atoms. The third-order valence-corrected chi connectivity index (χ3v) is 3.56. The lowest BCUT2D eigenvalue weighted by atomic mass is 10.0. The van der Waals surface area contributed by atoms with Gasteiger partial charge in [-0.05, 0) is 12.5 Å². The molecule has 0 aromatic carbocycles. The van der Waals surface area contributed by atoms with Crippen molar-refractivity contribution in [2.75, 3.05) is 13.2 Å². The maximum atomic E-state index is 11.9. The minimum Gasteiger partial charge on any atom is -0.475 e. The SMILES string of the molecule is FOc1cccc(C(F)(F)F)n1.OC1CCOC(COc2ccncn2)C1O. The summed E-state index contributed by atoms with van der Waals surface area (Å²) in [6, 6.07) is 4.33. The molecule has 12 heteroatoms. The van der Waals surface area contributed by atoms with Crippen molar-refractivity contribution in [3.8, 4) is 11.8 Å². The maximum absolute atomic E-state index is 11.9. The number of aliphatic hydroxyl groups excluding tert-OH is 2. The minimum atomic E-state index is -4.57. The van der Waals surface area contributed by atoms with Crippen molar-refractivity contribution in [1.29, 1.82) is 0 Å². The van der Waals surface area contributed by atoms with Gasteiger partial charge in [-0.3, -0.25) is 4.94 Å². The van der Waals surface area contributed by atoms with Crippen LogP contribution in [0.4, 0.5) is 17.7 Å². The zero-order valence-electron chi connectivity index (χ0n) is 14.3. The van der Waals surface area contributed by atoms with Gasteiger partial charge in [-0.15, -0.1) is 0 Å². The Labute approximate surface area is 156 Å². The van der Waals surface area contributed by atoms with Gasteiger partial charge in [-0.1, -0.05) is 6.07 Å². The highest BCUT2D eigenvalue weighted by Crippen LogP contribution is 2.28. The topological polar surface area (TPSA) is 107 Å². The molecule has 3 rings (SSSR count).